The van der Waals surface area contributed by atoms with Crippen LogP contribution in [0.15, 0.2) is 15.7 Å². The van der Waals surface area contributed by atoms with Crippen LogP contribution in [-0.4, -0.2) is 33.0 Å². The number of aliphatic carboxylic acids is 1. The van der Waals surface area contributed by atoms with Crippen LogP contribution in [0.25, 0.3) is 0 Å². The molecule has 0 saturated carbocycles. The Morgan fingerprint density at radius 2 is 2.05 bits per heavy atom. The summed E-state index contributed by atoms with van der Waals surface area (Å²) in [5.74, 6) is -1.96. The van der Waals surface area contributed by atoms with Gasteiger partial charge in [0, 0.05) is 6.07 Å². The number of amides is 1. The molecule has 0 spiro atoms. The van der Waals surface area contributed by atoms with E-state index in [2.05, 4.69) is 10.3 Å². The van der Waals surface area contributed by atoms with E-state index >= 15 is 0 Å². The molecule has 104 valence electrons. The fourth-order valence-electron chi connectivity index (χ4n) is 1.49. The van der Waals surface area contributed by atoms with Gasteiger partial charge in [-0.05, 0) is 6.42 Å². The van der Waals surface area contributed by atoms with Gasteiger partial charge in [0.05, 0.1) is 0 Å². The molecule has 0 aliphatic carbocycles. The van der Waals surface area contributed by atoms with Gasteiger partial charge in [-0.1, -0.05) is 19.8 Å². The zero-order valence-electron chi connectivity index (χ0n) is 10.4. The van der Waals surface area contributed by atoms with E-state index in [1.165, 1.54) is 0 Å². The number of aromatic nitrogens is 2. The zero-order chi connectivity index (χ0) is 14.4. The molecule has 1 aromatic rings. The summed E-state index contributed by atoms with van der Waals surface area (Å²) >= 11 is 0. The van der Waals surface area contributed by atoms with Crippen molar-refractivity contribution >= 4 is 11.9 Å². The van der Waals surface area contributed by atoms with E-state index < -0.39 is 29.2 Å². The lowest BCUT2D eigenvalue weighted by atomic mass is 10.1. The molecule has 8 heteroatoms. The molecule has 0 aliphatic heterocycles. The second kappa shape index (κ2) is 6.53. The number of carbonyl (C=O) groups is 2. The van der Waals surface area contributed by atoms with Crippen LogP contribution in [0.1, 0.15) is 36.7 Å². The molecule has 0 radical (unpaired) electrons. The SMILES string of the molecule is CCCC[C@H](NC(=O)c1cc(=O)[nH]c(=O)[nH]1)C(=O)O. The summed E-state index contributed by atoms with van der Waals surface area (Å²) in [6.45, 7) is 1.90. The highest BCUT2D eigenvalue weighted by Crippen LogP contribution is 2.02. The average molecular weight is 269 g/mol. The maximum absolute atomic E-state index is 11.7. The molecule has 0 saturated heterocycles. The summed E-state index contributed by atoms with van der Waals surface area (Å²) in [7, 11) is 0. The van der Waals surface area contributed by atoms with E-state index in [-0.39, 0.29) is 12.1 Å². The van der Waals surface area contributed by atoms with Gasteiger partial charge in [-0.2, -0.15) is 0 Å². The first-order valence-electron chi connectivity index (χ1n) is 5.81. The maximum Gasteiger partial charge on any atom is 0.326 e. The van der Waals surface area contributed by atoms with Crippen molar-refractivity contribution in [3.05, 3.63) is 32.6 Å². The number of H-pyrrole nitrogens is 2. The van der Waals surface area contributed by atoms with E-state index in [1.54, 1.807) is 0 Å². The molecule has 0 unspecified atom stereocenters. The number of carboxylic acid groups (broad SMARTS) is 1. The number of unbranched alkanes of at least 4 members (excludes halogenated alkanes) is 1. The molecule has 0 fully saturated rings. The quantitative estimate of drug-likeness (QED) is 0.549. The Bertz CT molecular complexity index is 546. The summed E-state index contributed by atoms with van der Waals surface area (Å²) in [5.41, 5.74) is -1.82. The minimum atomic E-state index is -1.16. The highest BCUT2D eigenvalue weighted by Gasteiger charge is 2.20. The zero-order valence-corrected chi connectivity index (χ0v) is 10.4. The van der Waals surface area contributed by atoms with Gasteiger partial charge in [0.25, 0.3) is 11.5 Å². The monoisotopic (exact) mass is 269 g/mol. The molecule has 1 heterocycles. The topological polar surface area (TPSA) is 132 Å². The van der Waals surface area contributed by atoms with Gasteiger partial charge in [-0.25, -0.2) is 9.59 Å². The van der Waals surface area contributed by atoms with Crippen LogP contribution in [0.4, 0.5) is 0 Å². The molecule has 0 bridgehead atoms. The van der Waals surface area contributed by atoms with Crippen molar-refractivity contribution in [3.63, 3.8) is 0 Å². The fraction of sp³-hybridized carbons (Fsp3) is 0.455. The van der Waals surface area contributed by atoms with Crippen LogP contribution < -0.4 is 16.6 Å². The van der Waals surface area contributed by atoms with Crippen LogP contribution in [0.2, 0.25) is 0 Å². The van der Waals surface area contributed by atoms with Crippen LogP contribution >= 0.6 is 0 Å². The van der Waals surface area contributed by atoms with Crippen molar-refractivity contribution < 1.29 is 14.7 Å². The molecule has 4 N–H and O–H groups in total. The molecular weight excluding hydrogens is 254 g/mol. The summed E-state index contributed by atoms with van der Waals surface area (Å²) in [5, 5.41) is 11.2. The first-order chi connectivity index (χ1) is 8.93. The third-order valence-corrected chi connectivity index (χ3v) is 2.45. The van der Waals surface area contributed by atoms with E-state index in [0.29, 0.717) is 6.42 Å². The Hall–Kier alpha value is -2.38. The normalized spacial score (nSPS) is 11.8. The number of aromatic amines is 2. The predicted octanol–water partition coefficient (Wildman–Crippen LogP) is -0.564. The third-order valence-electron chi connectivity index (χ3n) is 2.45. The minimum absolute atomic E-state index is 0.267. The van der Waals surface area contributed by atoms with E-state index in [4.69, 9.17) is 5.11 Å². The van der Waals surface area contributed by atoms with Gasteiger partial charge < -0.3 is 15.4 Å². The minimum Gasteiger partial charge on any atom is -0.480 e. The van der Waals surface area contributed by atoms with Crippen LogP contribution in [0.3, 0.4) is 0 Å². The molecule has 1 atom stereocenters. The van der Waals surface area contributed by atoms with Gasteiger partial charge in [0.15, 0.2) is 0 Å². The highest BCUT2D eigenvalue weighted by atomic mass is 16.4. The lowest BCUT2D eigenvalue weighted by Gasteiger charge is -2.13. The summed E-state index contributed by atoms with van der Waals surface area (Å²) in [6.07, 6.45) is 1.72. The van der Waals surface area contributed by atoms with E-state index in [0.717, 1.165) is 12.5 Å². The van der Waals surface area contributed by atoms with Crippen molar-refractivity contribution in [2.75, 3.05) is 0 Å². The van der Waals surface area contributed by atoms with Crippen molar-refractivity contribution in [1.29, 1.82) is 0 Å². The molecule has 1 rings (SSSR count). The van der Waals surface area contributed by atoms with E-state index in [1.807, 2.05) is 11.9 Å². The Kier molecular flexibility index (Phi) is 5.04. The van der Waals surface area contributed by atoms with Gasteiger partial charge in [-0.3, -0.25) is 14.6 Å². The van der Waals surface area contributed by atoms with E-state index in [9.17, 15) is 19.2 Å². The Morgan fingerprint density at radius 1 is 1.37 bits per heavy atom. The molecular formula is C11H15N3O5. The lowest BCUT2D eigenvalue weighted by molar-refractivity contribution is -0.139. The van der Waals surface area contributed by atoms with Gasteiger partial charge in [-0.15, -0.1) is 0 Å². The Balaban J connectivity index is 2.84. The van der Waals surface area contributed by atoms with Gasteiger partial charge in [0.1, 0.15) is 11.7 Å². The molecule has 1 amide bonds. The number of carboxylic acids is 1. The number of hydrogen-bond donors (Lipinski definition) is 4. The molecule has 0 aromatic carbocycles. The summed E-state index contributed by atoms with van der Waals surface area (Å²) in [6, 6.07) is -0.148. The third kappa shape index (κ3) is 4.41. The van der Waals surface area contributed by atoms with Crippen LogP contribution in [-0.2, 0) is 4.79 Å². The number of hydrogen-bond acceptors (Lipinski definition) is 4. The summed E-state index contributed by atoms with van der Waals surface area (Å²) < 4.78 is 0. The fourth-order valence-corrected chi connectivity index (χ4v) is 1.49. The molecule has 8 nitrogen and oxygen atoms in total. The molecule has 0 aliphatic rings. The van der Waals surface area contributed by atoms with Crippen molar-refractivity contribution in [3.8, 4) is 0 Å². The van der Waals surface area contributed by atoms with Crippen LogP contribution in [0, 0.1) is 0 Å². The Labute approximate surface area is 107 Å². The van der Waals surface area contributed by atoms with Gasteiger partial charge >= 0.3 is 11.7 Å². The van der Waals surface area contributed by atoms with Crippen molar-refractivity contribution in [1.82, 2.24) is 15.3 Å². The summed E-state index contributed by atoms with van der Waals surface area (Å²) in [4.78, 5) is 48.8. The average Bonchev–Trinajstić information content (AvgIpc) is 2.32. The molecule has 1 aromatic heterocycles. The Morgan fingerprint density at radius 3 is 2.58 bits per heavy atom. The smallest absolute Gasteiger partial charge is 0.326 e. The van der Waals surface area contributed by atoms with Gasteiger partial charge in [0.2, 0.25) is 0 Å². The maximum atomic E-state index is 11.7. The standard InChI is InChI=1S/C11H15N3O5/c1-2-3-4-6(10(17)18)12-9(16)7-5-8(15)14-11(19)13-7/h5-6H,2-4H2,1H3,(H,12,16)(H,17,18)(H2,13,14,15,19)/t6-/m0/s1. The van der Waals surface area contributed by atoms with Crippen LogP contribution in [0.5, 0.6) is 0 Å². The highest BCUT2D eigenvalue weighted by molar-refractivity contribution is 5.94. The predicted molar refractivity (Wildman–Crippen MR) is 66.1 cm³/mol. The number of nitrogens with one attached hydrogen (secondary N) is 3. The number of carbonyl (C=O) groups excluding carboxylic acids is 1. The molecule has 19 heavy (non-hydrogen) atoms. The van der Waals surface area contributed by atoms with Crippen molar-refractivity contribution in [2.45, 2.75) is 32.2 Å². The lowest BCUT2D eigenvalue weighted by Crippen LogP contribution is -2.42. The second-order valence-electron chi connectivity index (χ2n) is 4.01. The second-order valence-corrected chi connectivity index (χ2v) is 4.01. The number of rotatable bonds is 6. The first kappa shape index (κ1) is 14.7. The largest absolute Gasteiger partial charge is 0.480 e. The first-order valence-corrected chi connectivity index (χ1v) is 5.81. The van der Waals surface area contributed by atoms with Crippen molar-refractivity contribution in [2.24, 2.45) is 0 Å².